The van der Waals surface area contributed by atoms with Gasteiger partial charge in [0, 0.05) is 9.61 Å². The molecule has 1 nitrogen and oxygen atoms in total. The third-order valence-corrected chi connectivity index (χ3v) is 4.50. The predicted molar refractivity (Wildman–Crippen MR) is 93.6 cm³/mol. The Morgan fingerprint density at radius 2 is 1.74 bits per heavy atom. The van der Waals surface area contributed by atoms with E-state index in [0.717, 1.165) is 6.54 Å². The normalized spacial score (nSPS) is 12.6. The molecule has 0 spiro atoms. The first-order valence-corrected chi connectivity index (χ1v) is 8.85. The molecule has 1 unspecified atom stereocenters. The van der Waals surface area contributed by atoms with Crippen LogP contribution < -0.4 is 5.32 Å². The molecule has 0 amide bonds. The monoisotopic (exact) mass is 373 g/mol. The van der Waals surface area contributed by atoms with Crippen LogP contribution in [0.3, 0.4) is 0 Å². The second kappa shape index (κ2) is 10.7. The summed E-state index contributed by atoms with van der Waals surface area (Å²) >= 11 is 2.46. The van der Waals surface area contributed by atoms with E-state index in [1.165, 1.54) is 54.1 Å². The quantitative estimate of drug-likeness (QED) is 0.410. The molecule has 1 aromatic rings. The fraction of sp³-hybridized carbons (Fsp3) is 0.647. The van der Waals surface area contributed by atoms with Crippen LogP contribution in [0.4, 0.5) is 0 Å². The first kappa shape index (κ1) is 17.0. The molecule has 19 heavy (non-hydrogen) atoms. The van der Waals surface area contributed by atoms with E-state index >= 15 is 0 Å². The maximum absolute atomic E-state index is 3.71. The zero-order chi connectivity index (χ0) is 13.9. The average Bonchev–Trinajstić information content (AvgIpc) is 2.43. The number of halogens is 1. The summed E-state index contributed by atoms with van der Waals surface area (Å²) in [4.78, 5) is 0. The summed E-state index contributed by atoms with van der Waals surface area (Å²) in [5, 5.41) is 3.71. The lowest BCUT2D eigenvalue weighted by atomic mass is 9.99. The van der Waals surface area contributed by atoms with Gasteiger partial charge in [0.25, 0.3) is 0 Å². The Hall–Kier alpha value is -0.0900. The van der Waals surface area contributed by atoms with Crippen molar-refractivity contribution >= 4 is 22.6 Å². The first-order chi connectivity index (χ1) is 9.29. The second-order valence-electron chi connectivity index (χ2n) is 5.23. The Bertz CT molecular complexity index is 338. The van der Waals surface area contributed by atoms with Crippen LogP contribution in [0.5, 0.6) is 0 Å². The van der Waals surface area contributed by atoms with Gasteiger partial charge in [-0.1, -0.05) is 64.2 Å². The summed E-state index contributed by atoms with van der Waals surface area (Å²) in [6.07, 6.45) is 9.29. The van der Waals surface area contributed by atoms with Gasteiger partial charge in [-0.05, 0) is 53.6 Å². The number of hydrogen-bond donors (Lipinski definition) is 1. The van der Waals surface area contributed by atoms with Crippen LogP contribution in [0.25, 0.3) is 0 Å². The van der Waals surface area contributed by atoms with Crippen LogP contribution >= 0.6 is 22.6 Å². The van der Waals surface area contributed by atoms with Gasteiger partial charge < -0.3 is 5.32 Å². The van der Waals surface area contributed by atoms with E-state index in [-0.39, 0.29) is 0 Å². The highest BCUT2D eigenvalue weighted by Gasteiger charge is 2.12. The zero-order valence-corrected chi connectivity index (χ0v) is 14.6. The van der Waals surface area contributed by atoms with Gasteiger partial charge in [-0.15, -0.1) is 0 Å². The summed E-state index contributed by atoms with van der Waals surface area (Å²) in [5.74, 6) is 0. The first-order valence-electron chi connectivity index (χ1n) is 7.77. The van der Waals surface area contributed by atoms with Crippen LogP contribution in [-0.4, -0.2) is 6.54 Å². The Kier molecular flexibility index (Phi) is 9.52. The number of hydrogen-bond acceptors (Lipinski definition) is 1. The van der Waals surface area contributed by atoms with E-state index in [9.17, 15) is 0 Å². The van der Waals surface area contributed by atoms with Gasteiger partial charge in [0.2, 0.25) is 0 Å². The minimum atomic E-state index is 0.537. The van der Waals surface area contributed by atoms with Crippen LogP contribution in [0.1, 0.15) is 70.4 Å². The molecule has 1 aromatic carbocycles. The molecule has 0 aliphatic heterocycles. The van der Waals surface area contributed by atoms with E-state index in [4.69, 9.17) is 0 Å². The third-order valence-electron chi connectivity index (χ3n) is 3.52. The molecule has 0 radical (unpaired) electrons. The molecule has 1 atom stereocenters. The molecule has 0 aromatic heterocycles. The minimum Gasteiger partial charge on any atom is -0.310 e. The predicted octanol–water partition coefficient (Wildman–Crippen LogP) is 5.69. The number of nitrogens with one attached hydrogen (secondary N) is 1. The Morgan fingerprint density at radius 3 is 2.42 bits per heavy atom. The number of unbranched alkanes of at least 4 members (excludes halogenated alkanes) is 4. The lowest BCUT2D eigenvalue weighted by Crippen LogP contribution is -2.22. The molecular weight excluding hydrogens is 345 g/mol. The van der Waals surface area contributed by atoms with Crippen molar-refractivity contribution in [3.63, 3.8) is 0 Å². The van der Waals surface area contributed by atoms with Crippen LogP contribution in [0.15, 0.2) is 24.3 Å². The maximum atomic E-state index is 3.71. The summed E-state index contributed by atoms with van der Waals surface area (Å²) < 4.78 is 1.39. The van der Waals surface area contributed by atoms with Gasteiger partial charge >= 0.3 is 0 Å². The molecule has 2 heteroatoms. The number of benzene rings is 1. The summed E-state index contributed by atoms with van der Waals surface area (Å²) in [6.45, 7) is 5.63. The summed E-state index contributed by atoms with van der Waals surface area (Å²) in [7, 11) is 0. The van der Waals surface area contributed by atoms with Crippen LogP contribution in [0.2, 0.25) is 0 Å². The highest BCUT2D eigenvalue weighted by Crippen LogP contribution is 2.24. The molecule has 0 aliphatic carbocycles. The molecule has 1 N–H and O–H groups in total. The lowest BCUT2D eigenvalue weighted by molar-refractivity contribution is 0.466. The van der Waals surface area contributed by atoms with E-state index in [1.54, 1.807) is 0 Å². The highest BCUT2D eigenvalue weighted by molar-refractivity contribution is 14.1. The van der Waals surface area contributed by atoms with E-state index in [0.29, 0.717) is 6.04 Å². The van der Waals surface area contributed by atoms with Crippen molar-refractivity contribution in [2.45, 2.75) is 64.8 Å². The van der Waals surface area contributed by atoms with Gasteiger partial charge in [0.05, 0.1) is 0 Å². The van der Waals surface area contributed by atoms with Crippen molar-refractivity contribution in [2.75, 3.05) is 6.54 Å². The van der Waals surface area contributed by atoms with E-state index in [2.05, 4.69) is 66.0 Å². The Labute approximate surface area is 132 Å². The van der Waals surface area contributed by atoms with Crippen molar-refractivity contribution in [2.24, 2.45) is 0 Å². The molecule has 1 rings (SSSR count). The topological polar surface area (TPSA) is 12.0 Å². The van der Waals surface area contributed by atoms with Gasteiger partial charge in [-0.25, -0.2) is 0 Å². The second-order valence-corrected chi connectivity index (χ2v) is 6.39. The fourth-order valence-electron chi connectivity index (χ4n) is 2.40. The molecule has 0 aliphatic rings. The standard InChI is InChI=1S/C17H28IN/c1-3-5-6-7-8-13-17(19-14-4-2)15-11-9-10-12-16(15)18/h9-12,17,19H,3-8,13-14H2,1-2H3. The molecule has 0 bridgehead atoms. The van der Waals surface area contributed by atoms with Crippen molar-refractivity contribution < 1.29 is 0 Å². The van der Waals surface area contributed by atoms with Crippen molar-refractivity contribution in [1.82, 2.24) is 5.32 Å². The molecule has 108 valence electrons. The van der Waals surface area contributed by atoms with Gasteiger partial charge in [0.15, 0.2) is 0 Å². The SMILES string of the molecule is CCCCCCCC(NCCC)c1ccccc1I. The van der Waals surface area contributed by atoms with Gasteiger partial charge in [-0.2, -0.15) is 0 Å². The summed E-state index contributed by atoms with van der Waals surface area (Å²) in [5.41, 5.74) is 1.48. The maximum Gasteiger partial charge on any atom is 0.0330 e. The Morgan fingerprint density at radius 1 is 1.00 bits per heavy atom. The van der Waals surface area contributed by atoms with Gasteiger partial charge in [0.1, 0.15) is 0 Å². The fourth-order valence-corrected chi connectivity index (χ4v) is 3.16. The third kappa shape index (κ3) is 6.75. The van der Waals surface area contributed by atoms with Crippen LogP contribution in [0, 0.1) is 3.57 Å². The number of rotatable bonds is 10. The van der Waals surface area contributed by atoms with Crippen molar-refractivity contribution in [3.05, 3.63) is 33.4 Å². The molecular formula is C17H28IN. The van der Waals surface area contributed by atoms with E-state index in [1.807, 2.05) is 0 Å². The highest BCUT2D eigenvalue weighted by atomic mass is 127. The van der Waals surface area contributed by atoms with Crippen molar-refractivity contribution in [1.29, 1.82) is 0 Å². The largest absolute Gasteiger partial charge is 0.310 e. The minimum absolute atomic E-state index is 0.537. The van der Waals surface area contributed by atoms with Crippen LogP contribution in [-0.2, 0) is 0 Å². The zero-order valence-electron chi connectivity index (χ0n) is 12.4. The molecule has 0 saturated heterocycles. The summed E-state index contributed by atoms with van der Waals surface area (Å²) in [6, 6.07) is 9.32. The smallest absolute Gasteiger partial charge is 0.0330 e. The van der Waals surface area contributed by atoms with Gasteiger partial charge in [-0.3, -0.25) is 0 Å². The Balaban J connectivity index is 2.49. The molecule has 0 fully saturated rings. The van der Waals surface area contributed by atoms with Crippen molar-refractivity contribution in [3.8, 4) is 0 Å². The lowest BCUT2D eigenvalue weighted by Gasteiger charge is -2.20. The average molecular weight is 373 g/mol. The molecule has 0 saturated carbocycles. The van der Waals surface area contributed by atoms with E-state index < -0.39 is 0 Å². The molecule has 0 heterocycles.